The molecule has 2 aromatic carbocycles. The normalized spacial score (nSPS) is 15.4. The van der Waals surface area contributed by atoms with Gasteiger partial charge in [0.25, 0.3) is 11.8 Å². The second kappa shape index (κ2) is 10.3. The van der Waals surface area contributed by atoms with Gasteiger partial charge in [0, 0.05) is 11.6 Å². The summed E-state index contributed by atoms with van der Waals surface area (Å²) in [6, 6.07) is 18.9. The van der Waals surface area contributed by atoms with Crippen LogP contribution in [0.2, 0.25) is 0 Å². The lowest BCUT2D eigenvalue weighted by Crippen LogP contribution is -2.41. The van der Waals surface area contributed by atoms with Gasteiger partial charge < -0.3 is 10.6 Å². The van der Waals surface area contributed by atoms with Crippen LogP contribution < -0.4 is 10.6 Å². The summed E-state index contributed by atoms with van der Waals surface area (Å²) in [6.07, 6.45) is 10.8. The predicted molar refractivity (Wildman–Crippen MR) is 112 cm³/mol. The molecule has 0 spiro atoms. The zero-order valence-electron chi connectivity index (χ0n) is 15.9. The lowest BCUT2D eigenvalue weighted by molar-refractivity contribution is -0.118. The van der Waals surface area contributed by atoms with Gasteiger partial charge in [-0.05, 0) is 36.6 Å². The van der Waals surface area contributed by atoms with Crippen molar-refractivity contribution in [1.82, 2.24) is 10.6 Å². The van der Waals surface area contributed by atoms with Crippen LogP contribution in [0.3, 0.4) is 0 Å². The van der Waals surface area contributed by atoms with Crippen LogP contribution in [0.15, 0.2) is 78.5 Å². The number of carbonyl (C=O) groups is 2. The first-order valence-electron chi connectivity index (χ1n) is 9.83. The maximum atomic E-state index is 12.8. The minimum Gasteiger partial charge on any atom is -0.348 e. The summed E-state index contributed by atoms with van der Waals surface area (Å²) in [7, 11) is 0. The molecular formula is C24H26N2O2. The average Bonchev–Trinajstić information content (AvgIpc) is 2.75. The SMILES string of the molecule is O=C(NC1CCCCC1)C(=CC=Cc1ccccc1)NC(=O)c1ccccc1. The molecule has 1 saturated carbocycles. The summed E-state index contributed by atoms with van der Waals surface area (Å²) in [4.78, 5) is 25.3. The van der Waals surface area contributed by atoms with Crippen molar-refractivity contribution >= 4 is 17.9 Å². The van der Waals surface area contributed by atoms with Crippen LogP contribution >= 0.6 is 0 Å². The van der Waals surface area contributed by atoms with Gasteiger partial charge in [0.2, 0.25) is 0 Å². The van der Waals surface area contributed by atoms with Crippen molar-refractivity contribution in [3.05, 3.63) is 89.6 Å². The molecule has 0 atom stereocenters. The van der Waals surface area contributed by atoms with E-state index >= 15 is 0 Å². The molecule has 0 aliphatic heterocycles. The molecule has 0 aromatic heterocycles. The van der Waals surface area contributed by atoms with Crippen LogP contribution in [-0.4, -0.2) is 17.9 Å². The number of amides is 2. The van der Waals surface area contributed by atoms with Crippen molar-refractivity contribution < 1.29 is 9.59 Å². The van der Waals surface area contributed by atoms with Gasteiger partial charge in [-0.1, -0.05) is 79.9 Å². The average molecular weight is 374 g/mol. The first kappa shape index (κ1) is 19.6. The molecule has 4 nitrogen and oxygen atoms in total. The van der Waals surface area contributed by atoms with E-state index in [2.05, 4.69) is 10.6 Å². The maximum absolute atomic E-state index is 12.8. The fourth-order valence-corrected chi connectivity index (χ4v) is 3.29. The fourth-order valence-electron chi connectivity index (χ4n) is 3.29. The molecule has 2 N–H and O–H groups in total. The zero-order valence-corrected chi connectivity index (χ0v) is 15.9. The van der Waals surface area contributed by atoms with E-state index in [-0.39, 0.29) is 23.6 Å². The van der Waals surface area contributed by atoms with Gasteiger partial charge in [0.15, 0.2) is 0 Å². The minimum atomic E-state index is -0.293. The number of hydrogen-bond acceptors (Lipinski definition) is 2. The van der Waals surface area contributed by atoms with Crippen LogP contribution in [0, 0.1) is 0 Å². The smallest absolute Gasteiger partial charge is 0.268 e. The molecule has 0 saturated heterocycles. The highest BCUT2D eigenvalue weighted by Gasteiger charge is 2.19. The van der Waals surface area contributed by atoms with E-state index in [0.29, 0.717) is 5.56 Å². The quantitative estimate of drug-likeness (QED) is 0.579. The van der Waals surface area contributed by atoms with E-state index in [1.165, 1.54) is 6.42 Å². The summed E-state index contributed by atoms with van der Waals surface area (Å²) in [5.74, 6) is -0.535. The lowest BCUT2D eigenvalue weighted by atomic mass is 9.95. The van der Waals surface area contributed by atoms with E-state index in [1.54, 1.807) is 36.4 Å². The molecule has 3 rings (SSSR count). The molecule has 144 valence electrons. The van der Waals surface area contributed by atoms with Crippen LogP contribution in [0.1, 0.15) is 48.0 Å². The Bertz CT molecular complexity index is 835. The van der Waals surface area contributed by atoms with Crippen LogP contribution in [-0.2, 0) is 4.79 Å². The number of allylic oxidation sites excluding steroid dienone is 2. The first-order valence-corrected chi connectivity index (χ1v) is 9.83. The Labute approximate surface area is 166 Å². The Morgan fingerprint density at radius 1 is 0.857 bits per heavy atom. The second-order valence-corrected chi connectivity index (χ2v) is 6.98. The molecule has 1 fully saturated rings. The predicted octanol–water partition coefficient (Wildman–Crippen LogP) is 4.46. The molecule has 2 amide bonds. The molecule has 0 unspecified atom stereocenters. The third kappa shape index (κ3) is 5.95. The topological polar surface area (TPSA) is 58.2 Å². The van der Waals surface area contributed by atoms with Crippen molar-refractivity contribution in [3.63, 3.8) is 0 Å². The summed E-state index contributed by atoms with van der Waals surface area (Å²) in [6.45, 7) is 0. The van der Waals surface area contributed by atoms with Crippen LogP contribution in [0.5, 0.6) is 0 Å². The van der Waals surface area contributed by atoms with Crippen molar-refractivity contribution in [2.45, 2.75) is 38.1 Å². The molecule has 1 aliphatic rings. The van der Waals surface area contributed by atoms with Crippen molar-refractivity contribution in [1.29, 1.82) is 0 Å². The third-order valence-corrected chi connectivity index (χ3v) is 4.82. The minimum absolute atomic E-state index is 0.177. The molecule has 1 aliphatic carbocycles. The van der Waals surface area contributed by atoms with E-state index in [9.17, 15) is 9.59 Å². The highest BCUT2D eigenvalue weighted by Crippen LogP contribution is 2.17. The standard InChI is InChI=1S/C24H26N2O2/c27-23(20-14-6-2-7-15-20)26-22(18-10-13-19-11-4-1-5-12-19)24(28)25-21-16-8-3-9-17-21/h1-2,4-7,10-15,18,21H,3,8-9,16-17H2,(H,25,28)(H,26,27). The van der Waals surface area contributed by atoms with Gasteiger partial charge in [-0.2, -0.15) is 0 Å². The Morgan fingerprint density at radius 3 is 2.18 bits per heavy atom. The van der Waals surface area contributed by atoms with Gasteiger partial charge in [-0.25, -0.2) is 0 Å². The largest absolute Gasteiger partial charge is 0.348 e. The van der Waals surface area contributed by atoms with Crippen molar-refractivity contribution in [2.24, 2.45) is 0 Å². The lowest BCUT2D eigenvalue weighted by Gasteiger charge is -2.23. The molecule has 28 heavy (non-hydrogen) atoms. The Morgan fingerprint density at radius 2 is 1.50 bits per heavy atom. The van der Waals surface area contributed by atoms with Gasteiger partial charge in [0.1, 0.15) is 5.70 Å². The molecule has 4 heteroatoms. The Hall–Kier alpha value is -3.14. The fraction of sp³-hybridized carbons (Fsp3) is 0.250. The number of nitrogens with one attached hydrogen (secondary N) is 2. The Kier molecular flexibility index (Phi) is 7.19. The second-order valence-electron chi connectivity index (χ2n) is 6.98. The number of hydrogen-bond donors (Lipinski definition) is 2. The number of rotatable bonds is 6. The summed E-state index contributed by atoms with van der Waals surface area (Å²) >= 11 is 0. The monoisotopic (exact) mass is 374 g/mol. The van der Waals surface area contributed by atoms with E-state index in [1.807, 2.05) is 42.5 Å². The summed E-state index contributed by atoms with van der Waals surface area (Å²) < 4.78 is 0. The summed E-state index contributed by atoms with van der Waals surface area (Å²) in [5.41, 5.74) is 1.80. The molecule has 0 radical (unpaired) electrons. The zero-order chi connectivity index (χ0) is 19.6. The van der Waals surface area contributed by atoms with E-state index in [0.717, 1.165) is 31.2 Å². The van der Waals surface area contributed by atoms with Crippen LogP contribution in [0.25, 0.3) is 6.08 Å². The number of carbonyl (C=O) groups excluding carboxylic acids is 2. The Balaban J connectivity index is 1.74. The van der Waals surface area contributed by atoms with Crippen molar-refractivity contribution in [2.75, 3.05) is 0 Å². The van der Waals surface area contributed by atoms with E-state index < -0.39 is 0 Å². The van der Waals surface area contributed by atoms with Crippen LogP contribution in [0.4, 0.5) is 0 Å². The third-order valence-electron chi connectivity index (χ3n) is 4.82. The molecule has 0 bridgehead atoms. The number of benzene rings is 2. The molecular weight excluding hydrogens is 348 g/mol. The van der Waals surface area contributed by atoms with Gasteiger partial charge in [-0.3, -0.25) is 9.59 Å². The van der Waals surface area contributed by atoms with Gasteiger partial charge >= 0.3 is 0 Å². The van der Waals surface area contributed by atoms with Gasteiger partial charge in [0.05, 0.1) is 0 Å². The molecule has 2 aromatic rings. The maximum Gasteiger partial charge on any atom is 0.268 e. The molecule has 0 heterocycles. The van der Waals surface area contributed by atoms with E-state index in [4.69, 9.17) is 0 Å². The van der Waals surface area contributed by atoms with Crippen molar-refractivity contribution in [3.8, 4) is 0 Å². The summed E-state index contributed by atoms with van der Waals surface area (Å²) in [5, 5.41) is 5.84. The highest BCUT2D eigenvalue weighted by molar-refractivity contribution is 6.03. The first-order chi connectivity index (χ1) is 13.7. The van der Waals surface area contributed by atoms with Gasteiger partial charge in [-0.15, -0.1) is 0 Å². The highest BCUT2D eigenvalue weighted by atomic mass is 16.2.